The van der Waals surface area contributed by atoms with Crippen LogP contribution in [-0.2, 0) is 13.0 Å². The molecule has 1 fully saturated rings. The summed E-state index contributed by atoms with van der Waals surface area (Å²) in [5.41, 5.74) is 3.62. The summed E-state index contributed by atoms with van der Waals surface area (Å²) in [7, 11) is 1.71. The van der Waals surface area contributed by atoms with Crippen LogP contribution in [0.15, 0.2) is 54.6 Å². The molecule has 34 heavy (non-hydrogen) atoms. The second-order valence-electron chi connectivity index (χ2n) is 8.53. The minimum Gasteiger partial charge on any atom is -0.495 e. The quantitative estimate of drug-likeness (QED) is 0.499. The predicted molar refractivity (Wildman–Crippen MR) is 134 cm³/mol. The Kier molecular flexibility index (Phi) is 8.14. The number of nitrogens with one attached hydrogen (secondary N) is 1. The maximum atomic E-state index is 12.9. The Balaban J connectivity index is 1.28. The van der Waals surface area contributed by atoms with Crippen LogP contribution in [-0.4, -0.2) is 72.2 Å². The van der Waals surface area contributed by atoms with Gasteiger partial charge in [0.25, 0.3) is 5.91 Å². The number of hydrogen-bond acceptors (Lipinski definition) is 6. The molecule has 1 aliphatic heterocycles. The second-order valence-corrected chi connectivity index (χ2v) is 8.53. The van der Waals surface area contributed by atoms with E-state index in [-0.39, 0.29) is 5.91 Å². The molecule has 0 spiro atoms. The molecule has 8 heteroatoms. The van der Waals surface area contributed by atoms with Crippen LogP contribution >= 0.6 is 0 Å². The third-order valence-corrected chi connectivity index (χ3v) is 6.23. The van der Waals surface area contributed by atoms with Gasteiger partial charge in [0.15, 0.2) is 5.69 Å². The van der Waals surface area contributed by atoms with Gasteiger partial charge in [0.05, 0.1) is 25.0 Å². The molecule has 4 rings (SSSR count). The number of nitrogens with zero attached hydrogens (tertiary/aromatic N) is 5. The van der Waals surface area contributed by atoms with E-state index in [1.165, 1.54) is 0 Å². The summed E-state index contributed by atoms with van der Waals surface area (Å²) >= 11 is 0. The Morgan fingerprint density at radius 3 is 2.50 bits per heavy atom. The van der Waals surface area contributed by atoms with Gasteiger partial charge < -0.3 is 15.0 Å². The zero-order valence-electron chi connectivity index (χ0n) is 20.1. The maximum absolute atomic E-state index is 12.9. The van der Waals surface area contributed by atoms with Crippen molar-refractivity contribution in [1.82, 2.24) is 25.2 Å². The molecule has 0 radical (unpaired) electrons. The van der Waals surface area contributed by atoms with Crippen LogP contribution in [0.4, 0.5) is 5.69 Å². The second kappa shape index (κ2) is 11.7. The minimum atomic E-state index is -0.143. The van der Waals surface area contributed by atoms with Gasteiger partial charge in [-0.25, -0.2) is 4.68 Å². The van der Waals surface area contributed by atoms with Gasteiger partial charge in [0.1, 0.15) is 5.75 Å². The van der Waals surface area contributed by atoms with Gasteiger partial charge in [0, 0.05) is 39.3 Å². The first kappa shape index (κ1) is 23.8. The number of rotatable bonds is 10. The number of carbonyl (C=O) groups excluding carboxylic acids is 1. The predicted octanol–water partition coefficient (Wildman–Crippen LogP) is 2.84. The molecule has 0 aliphatic carbocycles. The highest BCUT2D eigenvalue weighted by molar-refractivity contribution is 5.93. The molecule has 1 amide bonds. The van der Waals surface area contributed by atoms with Crippen LogP contribution in [0, 0.1) is 0 Å². The molecule has 1 aliphatic rings. The van der Waals surface area contributed by atoms with Crippen LogP contribution in [0.2, 0.25) is 0 Å². The van der Waals surface area contributed by atoms with E-state index in [2.05, 4.69) is 50.6 Å². The normalized spacial score (nSPS) is 14.2. The van der Waals surface area contributed by atoms with Crippen molar-refractivity contribution in [3.05, 3.63) is 71.5 Å². The van der Waals surface area contributed by atoms with Crippen molar-refractivity contribution < 1.29 is 9.53 Å². The maximum Gasteiger partial charge on any atom is 0.273 e. The number of ether oxygens (including phenoxy) is 1. The number of amides is 1. The SMILES string of the molecule is CCCc1c(C(=O)NCCN2CCN(c3ccccc3OC)CC2)nnn1Cc1ccccc1. The van der Waals surface area contributed by atoms with Crippen LogP contribution < -0.4 is 15.0 Å². The summed E-state index contributed by atoms with van der Waals surface area (Å²) < 4.78 is 7.36. The van der Waals surface area contributed by atoms with Gasteiger partial charge in [-0.3, -0.25) is 9.69 Å². The lowest BCUT2D eigenvalue weighted by atomic mass is 10.1. The Labute approximate surface area is 201 Å². The van der Waals surface area contributed by atoms with Crippen LogP contribution in [0.1, 0.15) is 35.1 Å². The van der Waals surface area contributed by atoms with Crippen molar-refractivity contribution in [3.8, 4) is 5.75 Å². The van der Waals surface area contributed by atoms with Gasteiger partial charge in [-0.1, -0.05) is 61.0 Å². The summed E-state index contributed by atoms with van der Waals surface area (Å²) in [5, 5.41) is 11.6. The Morgan fingerprint density at radius 2 is 1.76 bits per heavy atom. The highest BCUT2D eigenvalue weighted by atomic mass is 16.5. The van der Waals surface area contributed by atoms with Gasteiger partial charge in [0.2, 0.25) is 0 Å². The van der Waals surface area contributed by atoms with Gasteiger partial charge in [-0.2, -0.15) is 0 Å². The Bertz CT molecular complexity index is 1060. The van der Waals surface area contributed by atoms with Crippen molar-refractivity contribution in [3.63, 3.8) is 0 Å². The minimum absolute atomic E-state index is 0.143. The lowest BCUT2D eigenvalue weighted by Crippen LogP contribution is -2.48. The molecule has 0 unspecified atom stereocenters. The molecule has 2 heterocycles. The van der Waals surface area contributed by atoms with E-state index in [0.29, 0.717) is 18.8 Å². The molecule has 1 N–H and O–H groups in total. The van der Waals surface area contributed by atoms with E-state index in [4.69, 9.17) is 4.74 Å². The van der Waals surface area contributed by atoms with E-state index in [9.17, 15) is 4.79 Å². The number of para-hydroxylation sites is 2. The molecular formula is C26H34N6O2. The zero-order valence-corrected chi connectivity index (χ0v) is 20.1. The number of aromatic nitrogens is 3. The summed E-state index contributed by atoms with van der Waals surface area (Å²) in [4.78, 5) is 17.6. The fourth-order valence-corrected chi connectivity index (χ4v) is 4.39. The standard InChI is InChI=1S/C26H34N6O2/c1-3-9-23-25(28-29-32(23)20-21-10-5-4-6-11-21)26(33)27-14-15-30-16-18-31(19-17-30)22-12-7-8-13-24(22)34-2/h4-8,10-13H,3,9,14-20H2,1-2H3,(H,27,33). The molecular weight excluding hydrogens is 428 g/mol. The van der Waals surface area contributed by atoms with E-state index in [0.717, 1.165) is 68.3 Å². The molecule has 180 valence electrons. The summed E-state index contributed by atoms with van der Waals surface area (Å²) in [6.07, 6.45) is 1.70. The fraction of sp³-hybridized carbons (Fsp3) is 0.423. The third kappa shape index (κ3) is 5.75. The zero-order chi connectivity index (χ0) is 23.8. The van der Waals surface area contributed by atoms with E-state index < -0.39 is 0 Å². The number of anilines is 1. The molecule has 0 atom stereocenters. The van der Waals surface area contributed by atoms with Crippen molar-refractivity contribution in [2.45, 2.75) is 26.3 Å². The first-order chi connectivity index (χ1) is 16.7. The molecule has 1 aromatic heterocycles. The van der Waals surface area contributed by atoms with Gasteiger partial charge in [-0.05, 0) is 24.1 Å². The molecule has 3 aromatic rings. The summed E-state index contributed by atoms with van der Waals surface area (Å²) in [5.74, 6) is 0.766. The number of benzene rings is 2. The highest BCUT2D eigenvalue weighted by Crippen LogP contribution is 2.28. The Hall–Kier alpha value is -3.39. The summed E-state index contributed by atoms with van der Waals surface area (Å²) in [6, 6.07) is 18.3. The lowest BCUT2D eigenvalue weighted by molar-refractivity contribution is 0.0941. The molecule has 0 bridgehead atoms. The van der Waals surface area contributed by atoms with Crippen molar-refractivity contribution in [1.29, 1.82) is 0 Å². The molecule has 0 saturated carbocycles. The fourth-order valence-electron chi connectivity index (χ4n) is 4.39. The average Bonchev–Trinajstić information content (AvgIpc) is 3.27. The average molecular weight is 463 g/mol. The third-order valence-electron chi connectivity index (χ3n) is 6.23. The highest BCUT2D eigenvalue weighted by Gasteiger charge is 2.21. The Morgan fingerprint density at radius 1 is 1.03 bits per heavy atom. The lowest BCUT2D eigenvalue weighted by Gasteiger charge is -2.36. The molecule has 1 saturated heterocycles. The van der Waals surface area contributed by atoms with Gasteiger partial charge >= 0.3 is 0 Å². The first-order valence-corrected chi connectivity index (χ1v) is 12.0. The van der Waals surface area contributed by atoms with Gasteiger partial charge in [-0.15, -0.1) is 5.10 Å². The van der Waals surface area contributed by atoms with Crippen molar-refractivity contribution in [2.75, 3.05) is 51.3 Å². The topological polar surface area (TPSA) is 75.5 Å². The number of carbonyl (C=O) groups is 1. The number of hydrogen-bond donors (Lipinski definition) is 1. The van der Waals surface area contributed by atoms with Crippen LogP contribution in [0.3, 0.4) is 0 Å². The number of piperazine rings is 1. The first-order valence-electron chi connectivity index (χ1n) is 12.0. The number of methoxy groups -OCH3 is 1. The molecule has 8 nitrogen and oxygen atoms in total. The van der Waals surface area contributed by atoms with E-state index in [1.54, 1.807) is 7.11 Å². The van der Waals surface area contributed by atoms with Crippen molar-refractivity contribution >= 4 is 11.6 Å². The summed E-state index contributed by atoms with van der Waals surface area (Å²) in [6.45, 7) is 7.88. The van der Waals surface area contributed by atoms with Crippen LogP contribution in [0.25, 0.3) is 0 Å². The van der Waals surface area contributed by atoms with Crippen molar-refractivity contribution in [2.24, 2.45) is 0 Å². The smallest absolute Gasteiger partial charge is 0.273 e. The largest absolute Gasteiger partial charge is 0.495 e. The van der Waals surface area contributed by atoms with E-state index in [1.807, 2.05) is 41.1 Å². The monoisotopic (exact) mass is 462 g/mol. The van der Waals surface area contributed by atoms with E-state index >= 15 is 0 Å². The van der Waals surface area contributed by atoms with Crippen LogP contribution in [0.5, 0.6) is 5.75 Å². The molecule has 2 aromatic carbocycles.